The molecule has 1 unspecified atom stereocenters. The maximum absolute atomic E-state index is 13.3. The van der Waals surface area contributed by atoms with E-state index in [4.69, 9.17) is 16.3 Å². The minimum atomic E-state index is -1.51. The van der Waals surface area contributed by atoms with Crippen molar-refractivity contribution >= 4 is 35.1 Å². The second-order valence-corrected chi connectivity index (χ2v) is 7.23. The number of urea groups is 1. The van der Waals surface area contributed by atoms with Crippen LogP contribution in [0, 0.1) is 12.7 Å². The molecule has 1 atom stereocenters. The molecule has 29 heavy (non-hydrogen) atoms. The summed E-state index contributed by atoms with van der Waals surface area (Å²) in [6, 6.07) is 8.02. The molecule has 1 heterocycles. The Labute approximate surface area is 171 Å². The fourth-order valence-electron chi connectivity index (χ4n) is 3.17. The Bertz CT molecular complexity index is 1010. The smallest absolute Gasteiger partial charge is 0.325 e. The summed E-state index contributed by atoms with van der Waals surface area (Å²) in [5.74, 6) is -1.36. The molecule has 7 nitrogen and oxygen atoms in total. The Balaban J connectivity index is 1.80. The van der Waals surface area contributed by atoms with Gasteiger partial charge in [-0.15, -0.1) is 0 Å². The van der Waals surface area contributed by atoms with Gasteiger partial charge in [-0.25, -0.2) is 9.18 Å². The van der Waals surface area contributed by atoms with Crippen molar-refractivity contribution in [1.82, 2.24) is 10.2 Å². The van der Waals surface area contributed by atoms with E-state index in [1.807, 2.05) is 13.0 Å². The van der Waals surface area contributed by atoms with Crippen molar-refractivity contribution in [2.24, 2.45) is 0 Å². The van der Waals surface area contributed by atoms with Gasteiger partial charge in [0.25, 0.3) is 5.91 Å². The predicted octanol–water partition coefficient (Wildman–Crippen LogP) is 3.20. The number of nitrogens with one attached hydrogen (secondary N) is 2. The van der Waals surface area contributed by atoms with Crippen molar-refractivity contribution in [1.29, 1.82) is 0 Å². The Morgan fingerprint density at radius 3 is 2.66 bits per heavy atom. The number of hydrogen-bond acceptors (Lipinski definition) is 4. The molecule has 0 aromatic heterocycles. The van der Waals surface area contributed by atoms with Crippen molar-refractivity contribution in [3.8, 4) is 5.75 Å². The van der Waals surface area contributed by atoms with E-state index in [-0.39, 0.29) is 10.6 Å². The first kappa shape index (κ1) is 20.6. The molecule has 2 aromatic carbocycles. The molecule has 0 bridgehead atoms. The van der Waals surface area contributed by atoms with Crippen LogP contribution < -0.4 is 15.4 Å². The minimum absolute atomic E-state index is 0.00283. The number of benzene rings is 2. The molecule has 4 amide bonds. The molecule has 0 aliphatic carbocycles. The van der Waals surface area contributed by atoms with E-state index in [1.54, 1.807) is 12.1 Å². The molecule has 1 aliphatic heterocycles. The molecule has 0 saturated carbocycles. The molecule has 0 spiro atoms. The van der Waals surface area contributed by atoms with E-state index in [0.29, 0.717) is 11.4 Å². The average molecular weight is 420 g/mol. The third-order valence-electron chi connectivity index (χ3n) is 4.68. The van der Waals surface area contributed by atoms with Crippen LogP contribution in [-0.4, -0.2) is 36.4 Å². The van der Waals surface area contributed by atoms with Crippen molar-refractivity contribution in [3.05, 3.63) is 58.4 Å². The lowest BCUT2D eigenvalue weighted by molar-refractivity contribution is -0.133. The standard InChI is InChI=1S/C20H19ClFN3O4/c1-11-4-7-16(29-3)15(8-11)23-17(26)10-25-18(27)20(2,24-19(25)28)13-6-5-12(22)9-14(13)21/h4-9H,10H2,1-3H3,(H,23,26)(H,24,28). The molecular formula is C20H19ClFN3O4. The lowest BCUT2D eigenvalue weighted by Gasteiger charge is -2.23. The average Bonchev–Trinajstić information content (AvgIpc) is 2.85. The molecule has 2 aromatic rings. The Hall–Kier alpha value is -3.13. The van der Waals surface area contributed by atoms with E-state index in [2.05, 4.69) is 10.6 Å². The molecule has 3 rings (SSSR count). The minimum Gasteiger partial charge on any atom is -0.495 e. The van der Waals surface area contributed by atoms with Gasteiger partial charge in [0, 0.05) is 10.6 Å². The molecule has 0 radical (unpaired) electrons. The van der Waals surface area contributed by atoms with Gasteiger partial charge < -0.3 is 15.4 Å². The van der Waals surface area contributed by atoms with Crippen molar-refractivity contribution in [2.75, 3.05) is 19.0 Å². The monoisotopic (exact) mass is 419 g/mol. The first-order valence-corrected chi connectivity index (χ1v) is 9.07. The maximum Gasteiger partial charge on any atom is 0.325 e. The maximum atomic E-state index is 13.3. The largest absolute Gasteiger partial charge is 0.495 e. The molecular weight excluding hydrogens is 401 g/mol. The molecule has 2 N–H and O–H groups in total. The summed E-state index contributed by atoms with van der Waals surface area (Å²) in [6.07, 6.45) is 0. The Kier molecular flexibility index (Phi) is 5.48. The number of hydrogen-bond donors (Lipinski definition) is 2. The van der Waals surface area contributed by atoms with Crippen LogP contribution >= 0.6 is 11.6 Å². The number of anilines is 1. The molecule has 1 aliphatic rings. The number of imide groups is 1. The summed E-state index contributed by atoms with van der Waals surface area (Å²) in [7, 11) is 1.47. The van der Waals surface area contributed by atoms with Gasteiger partial charge in [0.15, 0.2) is 0 Å². The number of amides is 4. The SMILES string of the molecule is COc1ccc(C)cc1NC(=O)CN1C(=O)NC(C)(c2ccc(F)cc2Cl)C1=O. The second-order valence-electron chi connectivity index (χ2n) is 6.82. The lowest BCUT2D eigenvalue weighted by atomic mass is 9.92. The van der Waals surface area contributed by atoms with Gasteiger partial charge in [-0.05, 0) is 43.7 Å². The number of halogens is 2. The highest BCUT2D eigenvalue weighted by Crippen LogP contribution is 2.34. The van der Waals surface area contributed by atoms with Gasteiger partial charge in [0.2, 0.25) is 5.91 Å². The van der Waals surface area contributed by atoms with E-state index >= 15 is 0 Å². The van der Waals surface area contributed by atoms with E-state index in [0.717, 1.165) is 22.6 Å². The molecule has 9 heteroatoms. The highest BCUT2D eigenvalue weighted by atomic mass is 35.5. The summed E-state index contributed by atoms with van der Waals surface area (Å²) in [4.78, 5) is 38.6. The highest BCUT2D eigenvalue weighted by molar-refractivity contribution is 6.32. The summed E-state index contributed by atoms with van der Waals surface area (Å²) in [5, 5.41) is 5.17. The number of carbonyl (C=O) groups excluding carboxylic acids is 3. The van der Waals surface area contributed by atoms with Crippen molar-refractivity contribution in [3.63, 3.8) is 0 Å². The van der Waals surface area contributed by atoms with E-state index < -0.39 is 35.7 Å². The van der Waals surface area contributed by atoms with Crippen LogP contribution in [0.15, 0.2) is 36.4 Å². The second kappa shape index (κ2) is 7.71. The summed E-state index contributed by atoms with van der Waals surface area (Å²) in [6.45, 7) is 2.80. The number of nitrogens with zero attached hydrogens (tertiary/aromatic N) is 1. The molecule has 152 valence electrons. The number of methoxy groups -OCH3 is 1. The fourth-order valence-corrected chi connectivity index (χ4v) is 3.53. The molecule has 1 saturated heterocycles. The van der Waals surface area contributed by atoms with Gasteiger partial charge in [0.1, 0.15) is 23.7 Å². The predicted molar refractivity (Wildman–Crippen MR) is 105 cm³/mol. The number of carbonyl (C=O) groups is 3. The van der Waals surface area contributed by atoms with Gasteiger partial charge in [-0.3, -0.25) is 14.5 Å². The summed E-state index contributed by atoms with van der Waals surface area (Å²) < 4.78 is 18.6. The lowest BCUT2D eigenvalue weighted by Crippen LogP contribution is -2.42. The van der Waals surface area contributed by atoms with Gasteiger partial charge in [0.05, 0.1) is 12.8 Å². The zero-order valence-electron chi connectivity index (χ0n) is 16.0. The van der Waals surface area contributed by atoms with Crippen LogP contribution in [0.2, 0.25) is 5.02 Å². The van der Waals surface area contributed by atoms with E-state index in [1.165, 1.54) is 20.1 Å². The van der Waals surface area contributed by atoms with Crippen LogP contribution in [0.4, 0.5) is 14.9 Å². The number of ether oxygens (including phenoxy) is 1. The fraction of sp³-hybridized carbons (Fsp3) is 0.250. The highest BCUT2D eigenvalue weighted by Gasteiger charge is 2.50. The normalized spacial score (nSPS) is 18.6. The Morgan fingerprint density at radius 1 is 1.28 bits per heavy atom. The van der Waals surface area contributed by atoms with Crippen LogP contribution in [0.25, 0.3) is 0 Å². The first-order chi connectivity index (χ1) is 13.7. The number of rotatable bonds is 5. The zero-order chi connectivity index (χ0) is 21.3. The van der Waals surface area contributed by atoms with Crippen molar-refractivity contribution < 1.29 is 23.5 Å². The topological polar surface area (TPSA) is 87.7 Å². The van der Waals surface area contributed by atoms with Crippen molar-refractivity contribution in [2.45, 2.75) is 19.4 Å². The number of aryl methyl sites for hydroxylation is 1. The zero-order valence-corrected chi connectivity index (χ0v) is 16.8. The van der Waals surface area contributed by atoms with E-state index in [9.17, 15) is 18.8 Å². The van der Waals surface area contributed by atoms with Gasteiger partial charge in [-0.1, -0.05) is 23.7 Å². The first-order valence-electron chi connectivity index (χ1n) is 8.70. The summed E-state index contributed by atoms with van der Waals surface area (Å²) in [5.41, 5.74) is 0.0501. The van der Waals surface area contributed by atoms with Crippen LogP contribution in [0.3, 0.4) is 0 Å². The van der Waals surface area contributed by atoms with Crippen LogP contribution in [0.1, 0.15) is 18.1 Å². The quantitative estimate of drug-likeness (QED) is 0.728. The van der Waals surface area contributed by atoms with Crippen LogP contribution in [-0.2, 0) is 15.1 Å². The van der Waals surface area contributed by atoms with Gasteiger partial charge in [-0.2, -0.15) is 0 Å². The molecule has 1 fully saturated rings. The third-order valence-corrected chi connectivity index (χ3v) is 4.99. The summed E-state index contributed by atoms with van der Waals surface area (Å²) >= 11 is 6.07. The Morgan fingerprint density at radius 2 is 2.00 bits per heavy atom. The third kappa shape index (κ3) is 3.88. The van der Waals surface area contributed by atoms with Gasteiger partial charge >= 0.3 is 6.03 Å². The van der Waals surface area contributed by atoms with Crippen LogP contribution in [0.5, 0.6) is 5.75 Å².